The highest BCUT2D eigenvalue weighted by Crippen LogP contribution is 2.09. The number of rotatable bonds is 7. The molecule has 1 aliphatic heterocycles. The average molecular weight is 274 g/mol. The van der Waals surface area contributed by atoms with Crippen LogP contribution in [0.15, 0.2) is 0 Å². The third-order valence-electron chi connectivity index (χ3n) is 3.40. The molecule has 0 aliphatic carbocycles. The van der Waals surface area contributed by atoms with Gasteiger partial charge in [-0.05, 0) is 32.6 Å². The van der Waals surface area contributed by atoms with Gasteiger partial charge in [0, 0.05) is 26.7 Å². The minimum absolute atomic E-state index is 0.0780. The van der Waals surface area contributed by atoms with Crippen molar-refractivity contribution in [2.45, 2.75) is 25.0 Å². The Morgan fingerprint density at radius 2 is 2.06 bits per heavy atom. The largest absolute Gasteiger partial charge is 0.379 e. The number of carbonyl (C=O) groups is 1. The lowest BCUT2D eigenvalue weighted by molar-refractivity contribution is -0.129. The fourth-order valence-electron chi connectivity index (χ4n) is 2.03. The van der Waals surface area contributed by atoms with Crippen molar-refractivity contribution in [3.63, 3.8) is 0 Å². The number of hydrogen-bond donors (Lipinski definition) is 0. The van der Waals surface area contributed by atoms with Crippen molar-refractivity contribution in [3.05, 3.63) is 0 Å². The van der Waals surface area contributed by atoms with Gasteiger partial charge in [-0.15, -0.1) is 0 Å². The summed E-state index contributed by atoms with van der Waals surface area (Å²) in [7, 11) is 1.91. The molecule has 1 heterocycles. The Hall–Kier alpha value is -0.260. The summed E-state index contributed by atoms with van der Waals surface area (Å²) in [5.74, 6) is 0.244. The molecular weight excluding hydrogens is 248 g/mol. The van der Waals surface area contributed by atoms with Crippen LogP contribution in [0.3, 0.4) is 0 Å². The predicted octanol–water partition coefficient (Wildman–Crippen LogP) is 1.31. The molecule has 1 fully saturated rings. The first-order valence-corrected chi connectivity index (χ1v) is 8.02. The highest BCUT2D eigenvalue weighted by atomic mass is 32.2. The Labute approximate surface area is 115 Å². The van der Waals surface area contributed by atoms with Gasteiger partial charge in [-0.3, -0.25) is 9.69 Å². The number of morpholine rings is 1. The Balaban J connectivity index is 2.07. The third kappa shape index (κ3) is 5.59. The van der Waals surface area contributed by atoms with Crippen LogP contribution in [0, 0.1) is 0 Å². The van der Waals surface area contributed by atoms with Crippen LogP contribution >= 0.6 is 11.8 Å². The molecule has 0 radical (unpaired) electrons. The summed E-state index contributed by atoms with van der Waals surface area (Å²) in [4.78, 5) is 16.1. The molecule has 0 saturated carbocycles. The second-order valence-corrected chi connectivity index (χ2v) is 5.98. The minimum atomic E-state index is 0.0780. The van der Waals surface area contributed by atoms with E-state index in [1.54, 1.807) is 11.8 Å². The number of amides is 1. The van der Waals surface area contributed by atoms with E-state index in [1.165, 1.54) is 0 Å². The normalized spacial score (nSPS) is 18.6. The first-order chi connectivity index (χ1) is 8.65. The van der Waals surface area contributed by atoms with Gasteiger partial charge in [0.1, 0.15) is 0 Å². The zero-order chi connectivity index (χ0) is 13.4. The fourth-order valence-corrected chi connectivity index (χ4v) is 2.41. The van der Waals surface area contributed by atoms with E-state index in [9.17, 15) is 4.79 Å². The van der Waals surface area contributed by atoms with Crippen LogP contribution in [-0.4, -0.2) is 73.7 Å². The Morgan fingerprint density at radius 1 is 1.39 bits per heavy atom. The highest BCUT2D eigenvalue weighted by Gasteiger charge is 2.16. The highest BCUT2D eigenvalue weighted by molar-refractivity contribution is 7.99. The summed E-state index contributed by atoms with van der Waals surface area (Å²) in [6.07, 6.45) is 4.22. The van der Waals surface area contributed by atoms with E-state index in [4.69, 9.17) is 4.74 Å². The lowest BCUT2D eigenvalue weighted by atomic mass is 10.2. The molecule has 18 heavy (non-hydrogen) atoms. The molecule has 0 bridgehead atoms. The summed E-state index contributed by atoms with van der Waals surface area (Å²) < 4.78 is 5.32. The van der Waals surface area contributed by atoms with E-state index in [0.29, 0.717) is 0 Å². The second-order valence-electron chi connectivity index (χ2n) is 4.80. The molecule has 0 unspecified atom stereocenters. The van der Waals surface area contributed by atoms with Gasteiger partial charge in [-0.25, -0.2) is 0 Å². The Morgan fingerprint density at radius 3 is 2.67 bits per heavy atom. The summed E-state index contributed by atoms with van der Waals surface area (Å²) in [5, 5.41) is 0.0780. The van der Waals surface area contributed by atoms with Gasteiger partial charge in [-0.2, -0.15) is 11.8 Å². The Bertz CT molecular complexity index is 245. The van der Waals surface area contributed by atoms with Crippen molar-refractivity contribution < 1.29 is 9.53 Å². The smallest absolute Gasteiger partial charge is 0.235 e. The van der Waals surface area contributed by atoms with Crippen molar-refractivity contribution >= 4 is 17.7 Å². The minimum Gasteiger partial charge on any atom is -0.379 e. The van der Waals surface area contributed by atoms with E-state index in [2.05, 4.69) is 4.90 Å². The maximum Gasteiger partial charge on any atom is 0.235 e. The molecule has 106 valence electrons. The molecule has 0 N–H and O–H groups in total. The molecule has 0 aromatic rings. The van der Waals surface area contributed by atoms with E-state index < -0.39 is 0 Å². The van der Waals surface area contributed by atoms with Crippen molar-refractivity contribution in [2.24, 2.45) is 0 Å². The number of thioether (sulfide) groups is 1. The topological polar surface area (TPSA) is 32.8 Å². The molecule has 1 aliphatic rings. The standard InChI is InChI=1S/C13H26N2O2S/c1-12(18-3)13(16)14(2)6-4-5-7-15-8-10-17-11-9-15/h12H,4-11H2,1-3H3/t12-/m1/s1. The zero-order valence-corrected chi connectivity index (χ0v) is 12.7. The van der Waals surface area contributed by atoms with E-state index >= 15 is 0 Å². The van der Waals surface area contributed by atoms with Gasteiger partial charge >= 0.3 is 0 Å². The van der Waals surface area contributed by atoms with Crippen LogP contribution in [0.4, 0.5) is 0 Å². The number of hydrogen-bond acceptors (Lipinski definition) is 4. The molecule has 1 saturated heterocycles. The first-order valence-electron chi connectivity index (χ1n) is 6.73. The lowest BCUT2D eigenvalue weighted by Crippen LogP contribution is -2.37. The van der Waals surface area contributed by atoms with Crippen LogP contribution in [0.1, 0.15) is 19.8 Å². The molecule has 4 nitrogen and oxygen atoms in total. The van der Waals surface area contributed by atoms with Crippen molar-refractivity contribution in [1.82, 2.24) is 9.80 Å². The Kier molecular flexibility index (Phi) is 7.70. The molecule has 0 aromatic carbocycles. The quantitative estimate of drug-likeness (QED) is 0.655. The van der Waals surface area contributed by atoms with Crippen LogP contribution in [-0.2, 0) is 9.53 Å². The monoisotopic (exact) mass is 274 g/mol. The average Bonchev–Trinajstić information content (AvgIpc) is 2.42. The molecule has 0 aromatic heterocycles. The lowest BCUT2D eigenvalue weighted by Gasteiger charge is -2.27. The number of ether oxygens (including phenoxy) is 1. The van der Waals surface area contributed by atoms with Gasteiger partial charge < -0.3 is 9.64 Å². The fraction of sp³-hybridized carbons (Fsp3) is 0.923. The third-order valence-corrected chi connectivity index (χ3v) is 4.31. The first kappa shape index (κ1) is 15.8. The van der Waals surface area contributed by atoms with Crippen molar-refractivity contribution in [3.8, 4) is 0 Å². The summed E-state index contributed by atoms with van der Waals surface area (Å²) in [6, 6.07) is 0. The zero-order valence-electron chi connectivity index (χ0n) is 11.9. The van der Waals surface area contributed by atoms with E-state index in [-0.39, 0.29) is 11.2 Å². The number of unbranched alkanes of at least 4 members (excludes halogenated alkanes) is 1. The molecule has 5 heteroatoms. The van der Waals surface area contributed by atoms with E-state index in [1.807, 2.05) is 25.1 Å². The predicted molar refractivity (Wildman–Crippen MR) is 77.1 cm³/mol. The molecular formula is C13H26N2O2S. The van der Waals surface area contributed by atoms with Gasteiger partial charge in [-0.1, -0.05) is 0 Å². The summed E-state index contributed by atoms with van der Waals surface area (Å²) in [6.45, 7) is 7.80. The molecule has 1 amide bonds. The van der Waals surface area contributed by atoms with Gasteiger partial charge in [0.25, 0.3) is 0 Å². The molecule has 0 spiro atoms. The summed E-state index contributed by atoms with van der Waals surface area (Å²) in [5.41, 5.74) is 0. The van der Waals surface area contributed by atoms with Gasteiger partial charge in [0.2, 0.25) is 5.91 Å². The number of carbonyl (C=O) groups excluding carboxylic acids is 1. The van der Waals surface area contributed by atoms with Crippen LogP contribution in [0.5, 0.6) is 0 Å². The van der Waals surface area contributed by atoms with Crippen LogP contribution < -0.4 is 0 Å². The second kappa shape index (κ2) is 8.77. The van der Waals surface area contributed by atoms with Gasteiger partial charge in [0.15, 0.2) is 0 Å². The van der Waals surface area contributed by atoms with Crippen LogP contribution in [0.2, 0.25) is 0 Å². The number of nitrogens with zero attached hydrogens (tertiary/aromatic N) is 2. The molecule has 1 atom stereocenters. The van der Waals surface area contributed by atoms with E-state index in [0.717, 1.165) is 52.2 Å². The van der Waals surface area contributed by atoms with Gasteiger partial charge in [0.05, 0.1) is 18.5 Å². The summed E-state index contributed by atoms with van der Waals surface area (Å²) >= 11 is 1.61. The SMILES string of the molecule is CS[C@H](C)C(=O)N(C)CCCCN1CCOCC1. The van der Waals surface area contributed by atoms with Crippen molar-refractivity contribution in [1.29, 1.82) is 0 Å². The van der Waals surface area contributed by atoms with Crippen LogP contribution in [0.25, 0.3) is 0 Å². The van der Waals surface area contributed by atoms with Crippen molar-refractivity contribution in [2.75, 3.05) is 52.7 Å². The maximum atomic E-state index is 11.8. The maximum absolute atomic E-state index is 11.8. The molecule has 1 rings (SSSR count).